The standard InChI is InChI=1S/C18H12Cl2F6N2S/c19-8-13-9-28(12-3-1-2-10(6-12)17(21,22)23)16(29-13)27-11-4-5-15(20)14(7-11)18(24,25)26/h1-7,13H,8-9H2. The van der Waals surface area contributed by atoms with Crippen molar-refractivity contribution in [1.82, 2.24) is 0 Å². The second-order valence-corrected chi connectivity index (χ2v) is 8.09. The molecular formula is C18H12Cl2F6N2S. The second-order valence-electron chi connectivity index (χ2n) is 6.11. The van der Waals surface area contributed by atoms with E-state index in [2.05, 4.69) is 4.99 Å². The van der Waals surface area contributed by atoms with Crippen LogP contribution in [0.15, 0.2) is 47.5 Å². The molecule has 1 atom stereocenters. The highest BCUT2D eigenvalue weighted by Crippen LogP contribution is 2.39. The lowest BCUT2D eigenvalue weighted by molar-refractivity contribution is -0.138. The molecule has 0 aromatic heterocycles. The van der Waals surface area contributed by atoms with Gasteiger partial charge in [-0.05, 0) is 36.4 Å². The minimum atomic E-state index is -4.66. The zero-order valence-corrected chi connectivity index (χ0v) is 16.7. The van der Waals surface area contributed by atoms with Crippen LogP contribution in [0.5, 0.6) is 0 Å². The summed E-state index contributed by atoms with van der Waals surface area (Å²) in [5.74, 6) is 0.202. The Morgan fingerprint density at radius 2 is 1.76 bits per heavy atom. The fourth-order valence-corrected chi connectivity index (χ4v) is 4.24. The predicted octanol–water partition coefficient (Wildman–Crippen LogP) is 7.23. The molecule has 1 aliphatic heterocycles. The van der Waals surface area contributed by atoms with Crippen LogP contribution < -0.4 is 4.90 Å². The molecule has 2 nitrogen and oxygen atoms in total. The normalized spacial score (nSPS) is 19.2. The van der Waals surface area contributed by atoms with E-state index in [1.807, 2.05) is 0 Å². The van der Waals surface area contributed by atoms with Gasteiger partial charge >= 0.3 is 12.4 Å². The molecule has 29 heavy (non-hydrogen) atoms. The van der Waals surface area contributed by atoms with E-state index in [0.717, 1.165) is 24.3 Å². The first-order chi connectivity index (χ1) is 13.5. The van der Waals surface area contributed by atoms with E-state index in [1.54, 1.807) is 0 Å². The summed E-state index contributed by atoms with van der Waals surface area (Å²) < 4.78 is 78.4. The molecule has 1 fully saturated rings. The average molecular weight is 473 g/mol. The Hall–Kier alpha value is -1.58. The number of aliphatic imine (C=N–C) groups is 1. The van der Waals surface area contributed by atoms with Crippen LogP contribution in [-0.4, -0.2) is 22.8 Å². The Bertz CT molecular complexity index is 929. The molecule has 11 heteroatoms. The summed E-state index contributed by atoms with van der Waals surface area (Å²) in [6.45, 7) is 0.272. The molecule has 0 saturated carbocycles. The minimum Gasteiger partial charge on any atom is -0.320 e. The number of hydrogen-bond acceptors (Lipinski definition) is 2. The van der Waals surface area contributed by atoms with Crippen LogP contribution in [0, 0.1) is 0 Å². The number of thioether (sulfide) groups is 1. The highest BCUT2D eigenvalue weighted by Gasteiger charge is 2.35. The number of rotatable bonds is 3. The molecule has 1 unspecified atom stereocenters. The van der Waals surface area contributed by atoms with Gasteiger partial charge in [0.1, 0.15) is 0 Å². The molecule has 2 aromatic rings. The lowest BCUT2D eigenvalue weighted by Crippen LogP contribution is -2.26. The third-order valence-electron chi connectivity index (χ3n) is 4.03. The first kappa shape index (κ1) is 22.1. The van der Waals surface area contributed by atoms with Gasteiger partial charge in [0.05, 0.1) is 21.8 Å². The molecule has 1 heterocycles. The number of halogens is 8. The largest absolute Gasteiger partial charge is 0.417 e. The van der Waals surface area contributed by atoms with E-state index < -0.39 is 28.5 Å². The molecule has 0 N–H and O–H groups in total. The smallest absolute Gasteiger partial charge is 0.320 e. The van der Waals surface area contributed by atoms with E-state index in [-0.39, 0.29) is 34.2 Å². The van der Waals surface area contributed by atoms with Crippen molar-refractivity contribution < 1.29 is 26.3 Å². The molecule has 156 valence electrons. The van der Waals surface area contributed by atoms with Crippen LogP contribution in [-0.2, 0) is 12.4 Å². The Kier molecular flexibility index (Phi) is 6.31. The van der Waals surface area contributed by atoms with Crippen molar-refractivity contribution in [2.45, 2.75) is 17.6 Å². The lowest BCUT2D eigenvalue weighted by atomic mass is 10.2. The van der Waals surface area contributed by atoms with E-state index in [1.165, 1.54) is 34.9 Å². The van der Waals surface area contributed by atoms with Crippen LogP contribution >= 0.6 is 35.0 Å². The van der Waals surface area contributed by atoms with Crippen molar-refractivity contribution in [3.63, 3.8) is 0 Å². The summed E-state index contributed by atoms with van der Waals surface area (Å²) in [4.78, 5) is 5.74. The zero-order chi connectivity index (χ0) is 21.4. The Labute approximate surface area is 176 Å². The van der Waals surface area contributed by atoms with Gasteiger partial charge in [0.25, 0.3) is 0 Å². The third-order valence-corrected chi connectivity index (χ3v) is 6.08. The topological polar surface area (TPSA) is 15.6 Å². The van der Waals surface area contributed by atoms with Gasteiger partial charge in [-0.2, -0.15) is 26.3 Å². The van der Waals surface area contributed by atoms with Gasteiger partial charge in [-0.15, -0.1) is 11.6 Å². The fourth-order valence-electron chi connectivity index (χ4n) is 2.68. The summed E-state index contributed by atoms with van der Waals surface area (Å²) in [7, 11) is 0. The molecule has 0 amide bonds. The Balaban J connectivity index is 2.01. The van der Waals surface area contributed by atoms with Crippen LogP contribution in [0.1, 0.15) is 11.1 Å². The van der Waals surface area contributed by atoms with Crippen LogP contribution in [0.4, 0.5) is 37.7 Å². The summed E-state index contributed by atoms with van der Waals surface area (Å²) >= 11 is 12.7. The second kappa shape index (κ2) is 8.28. The fraction of sp³-hybridized carbons (Fsp3) is 0.278. The van der Waals surface area contributed by atoms with Gasteiger partial charge < -0.3 is 4.90 Å². The van der Waals surface area contributed by atoms with E-state index in [9.17, 15) is 26.3 Å². The third kappa shape index (κ3) is 5.13. The predicted molar refractivity (Wildman–Crippen MR) is 104 cm³/mol. The van der Waals surface area contributed by atoms with Crippen LogP contribution in [0.3, 0.4) is 0 Å². The highest BCUT2D eigenvalue weighted by molar-refractivity contribution is 8.15. The quantitative estimate of drug-likeness (QED) is 0.346. The number of benzene rings is 2. The first-order valence-corrected chi connectivity index (χ1v) is 9.91. The molecule has 1 saturated heterocycles. The lowest BCUT2D eigenvalue weighted by Gasteiger charge is -2.20. The van der Waals surface area contributed by atoms with Gasteiger partial charge in [-0.1, -0.05) is 29.4 Å². The summed E-state index contributed by atoms with van der Waals surface area (Å²) in [5, 5.41) is -0.390. The van der Waals surface area contributed by atoms with E-state index in [0.29, 0.717) is 0 Å². The molecule has 3 rings (SSSR count). The van der Waals surface area contributed by atoms with Gasteiger partial charge in [0.15, 0.2) is 5.17 Å². The van der Waals surface area contributed by atoms with Gasteiger partial charge in [-0.3, -0.25) is 0 Å². The van der Waals surface area contributed by atoms with Crippen molar-refractivity contribution in [3.05, 3.63) is 58.6 Å². The minimum absolute atomic E-state index is 0.0172. The Morgan fingerprint density at radius 1 is 1.03 bits per heavy atom. The summed E-state index contributed by atoms with van der Waals surface area (Å²) in [6, 6.07) is 7.84. The summed E-state index contributed by atoms with van der Waals surface area (Å²) in [5.41, 5.74) is -1.66. The van der Waals surface area contributed by atoms with Gasteiger partial charge in [-0.25, -0.2) is 4.99 Å². The van der Waals surface area contributed by atoms with Gasteiger partial charge in [0, 0.05) is 23.4 Å². The monoisotopic (exact) mass is 472 g/mol. The van der Waals surface area contributed by atoms with E-state index >= 15 is 0 Å². The molecule has 1 aliphatic rings. The number of nitrogens with zero attached hydrogens (tertiary/aromatic N) is 2. The zero-order valence-electron chi connectivity index (χ0n) is 14.4. The van der Waals surface area contributed by atoms with Crippen molar-refractivity contribution in [2.75, 3.05) is 17.3 Å². The molecular weight excluding hydrogens is 461 g/mol. The van der Waals surface area contributed by atoms with Crippen molar-refractivity contribution in [1.29, 1.82) is 0 Å². The maximum absolute atomic E-state index is 13.1. The highest BCUT2D eigenvalue weighted by atomic mass is 35.5. The van der Waals surface area contributed by atoms with Crippen LogP contribution in [0.25, 0.3) is 0 Å². The molecule has 0 aliphatic carbocycles. The average Bonchev–Trinajstić information content (AvgIpc) is 3.05. The molecule has 0 bridgehead atoms. The maximum Gasteiger partial charge on any atom is 0.417 e. The van der Waals surface area contributed by atoms with E-state index in [4.69, 9.17) is 23.2 Å². The molecule has 0 radical (unpaired) electrons. The van der Waals surface area contributed by atoms with Crippen molar-refractivity contribution >= 4 is 51.5 Å². The Morgan fingerprint density at radius 3 is 2.38 bits per heavy atom. The first-order valence-electron chi connectivity index (χ1n) is 8.12. The number of anilines is 1. The maximum atomic E-state index is 13.1. The SMILES string of the molecule is FC(F)(F)c1cccc(N2CC(CCl)SC2=Nc2ccc(Cl)c(C(F)(F)F)c2)c1. The van der Waals surface area contributed by atoms with Crippen LogP contribution in [0.2, 0.25) is 5.02 Å². The van der Waals surface area contributed by atoms with Gasteiger partial charge in [0.2, 0.25) is 0 Å². The van der Waals surface area contributed by atoms with Crippen molar-refractivity contribution in [2.24, 2.45) is 4.99 Å². The number of alkyl halides is 7. The number of hydrogen-bond donors (Lipinski definition) is 0. The molecule has 0 spiro atoms. The molecule has 2 aromatic carbocycles. The summed E-state index contributed by atoms with van der Waals surface area (Å²) in [6.07, 6.45) is -9.18. The number of amidine groups is 1. The van der Waals surface area contributed by atoms with Crippen molar-refractivity contribution in [3.8, 4) is 0 Å².